The first-order valence-electron chi connectivity index (χ1n) is 4.23. The highest BCUT2D eigenvalue weighted by molar-refractivity contribution is 5.93. The van der Waals surface area contributed by atoms with Gasteiger partial charge in [-0.05, 0) is 13.8 Å². The number of ether oxygens (including phenoxy) is 2. The number of carbonyl (C=O) groups excluding carboxylic acids is 1. The summed E-state index contributed by atoms with van der Waals surface area (Å²) in [5.41, 5.74) is -0.782. The van der Waals surface area contributed by atoms with Crippen molar-refractivity contribution < 1.29 is 14.3 Å². The van der Waals surface area contributed by atoms with Crippen LogP contribution in [0.2, 0.25) is 0 Å². The van der Waals surface area contributed by atoms with Gasteiger partial charge in [-0.25, -0.2) is 0 Å². The molecule has 0 radical (unpaired) electrons. The summed E-state index contributed by atoms with van der Waals surface area (Å²) in [6.07, 6.45) is -0.457. The number of ketones is 1. The third kappa shape index (κ3) is 0.756. The molecule has 3 aliphatic rings. The molecule has 3 rings (SSSR count). The molecule has 3 aliphatic heterocycles. The summed E-state index contributed by atoms with van der Waals surface area (Å²) >= 11 is 0. The smallest absolute Gasteiger partial charge is 0.193 e. The van der Waals surface area contributed by atoms with Gasteiger partial charge in [0.15, 0.2) is 12.1 Å². The van der Waals surface area contributed by atoms with Crippen molar-refractivity contribution in [2.24, 2.45) is 5.41 Å². The van der Waals surface area contributed by atoms with Crippen molar-refractivity contribution in [2.75, 3.05) is 0 Å². The SMILES string of the molecule is CC1(C)OC2OC(C1=O)C2(C)C. The van der Waals surface area contributed by atoms with Crippen molar-refractivity contribution in [1.82, 2.24) is 0 Å². The molecule has 2 unspecified atom stereocenters. The zero-order valence-corrected chi connectivity index (χ0v) is 7.88. The normalized spacial score (nSPS) is 42.2. The van der Waals surface area contributed by atoms with E-state index in [0.29, 0.717) is 0 Å². The van der Waals surface area contributed by atoms with Gasteiger partial charge in [0.25, 0.3) is 0 Å². The van der Waals surface area contributed by atoms with Crippen LogP contribution in [-0.2, 0) is 14.3 Å². The van der Waals surface area contributed by atoms with Crippen LogP contribution in [0.4, 0.5) is 0 Å². The standard InChI is InChI=1S/C9H14O3/c1-8(2)6-5(10)9(3,4)12-7(8)11-6/h6-7H,1-4H3. The van der Waals surface area contributed by atoms with E-state index in [1.54, 1.807) is 13.8 Å². The van der Waals surface area contributed by atoms with Crippen molar-refractivity contribution in [3.05, 3.63) is 0 Å². The Morgan fingerprint density at radius 2 is 1.83 bits per heavy atom. The molecule has 3 nitrogen and oxygen atoms in total. The van der Waals surface area contributed by atoms with Crippen LogP contribution < -0.4 is 0 Å². The number of hydrogen-bond donors (Lipinski definition) is 0. The maximum absolute atomic E-state index is 11.7. The van der Waals surface area contributed by atoms with Gasteiger partial charge in [0.2, 0.25) is 0 Å². The fraction of sp³-hybridized carbons (Fsp3) is 0.889. The van der Waals surface area contributed by atoms with E-state index in [-0.39, 0.29) is 23.6 Å². The van der Waals surface area contributed by atoms with Crippen LogP contribution in [0.1, 0.15) is 27.7 Å². The van der Waals surface area contributed by atoms with Crippen LogP contribution >= 0.6 is 0 Å². The second-order valence-electron chi connectivity index (χ2n) is 4.66. The molecule has 0 spiro atoms. The summed E-state index contributed by atoms with van der Waals surface area (Å²) in [6.45, 7) is 7.60. The van der Waals surface area contributed by atoms with Crippen LogP contribution in [0.25, 0.3) is 0 Å². The van der Waals surface area contributed by atoms with Gasteiger partial charge < -0.3 is 9.47 Å². The predicted octanol–water partition coefficient (Wildman–Crippen LogP) is 1.12. The van der Waals surface area contributed by atoms with Gasteiger partial charge >= 0.3 is 0 Å². The molecule has 0 N–H and O–H groups in total. The summed E-state index contributed by atoms with van der Waals surface area (Å²) < 4.78 is 10.8. The lowest BCUT2D eigenvalue weighted by molar-refractivity contribution is -0.379. The summed E-state index contributed by atoms with van der Waals surface area (Å²) in [7, 11) is 0. The molecule has 0 aromatic rings. The first kappa shape index (κ1) is 8.20. The van der Waals surface area contributed by atoms with E-state index in [0.717, 1.165) is 0 Å². The van der Waals surface area contributed by atoms with E-state index in [2.05, 4.69) is 0 Å². The molecule has 12 heavy (non-hydrogen) atoms. The van der Waals surface area contributed by atoms with Gasteiger partial charge in [0.1, 0.15) is 11.7 Å². The molecule has 68 valence electrons. The average molecular weight is 170 g/mol. The maximum Gasteiger partial charge on any atom is 0.193 e. The zero-order chi connectivity index (χ0) is 9.15. The van der Waals surface area contributed by atoms with Crippen molar-refractivity contribution in [1.29, 1.82) is 0 Å². The molecule has 2 bridgehead atoms. The summed E-state index contributed by atoms with van der Waals surface area (Å²) in [4.78, 5) is 11.7. The van der Waals surface area contributed by atoms with Gasteiger partial charge in [0, 0.05) is 5.41 Å². The van der Waals surface area contributed by atoms with Crippen molar-refractivity contribution in [3.63, 3.8) is 0 Å². The van der Waals surface area contributed by atoms with Gasteiger partial charge in [-0.15, -0.1) is 0 Å². The number of fused-ring (bicyclic) bond motifs is 2. The van der Waals surface area contributed by atoms with E-state index in [1.807, 2.05) is 13.8 Å². The Hall–Kier alpha value is -0.410. The summed E-state index contributed by atoms with van der Waals surface area (Å²) in [6, 6.07) is 0. The Labute approximate surface area is 72.0 Å². The Morgan fingerprint density at radius 3 is 2.17 bits per heavy atom. The molecule has 3 fully saturated rings. The van der Waals surface area contributed by atoms with Gasteiger partial charge in [-0.1, -0.05) is 13.8 Å². The second kappa shape index (κ2) is 1.91. The molecule has 3 heteroatoms. The highest BCUT2D eigenvalue weighted by Gasteiger charge is 2.63. The van der Waals surface area contributed by atoms with E-state index >= 15 is 0 Å². The van der Waals surface area contributed by atoms with Gasteiger partial charge in [-0.3, -0.25) is 4.79 Å². The van der Waals surface area contributed by atoms with Crippen LogP contribution in [-0.4, -0.2) is 23.8 Å². The van der Waals surface area contributed by atoms with Crippen LogP contribution in [0.15, 0.2) is 0 Å². The fourth-order valence-corrected chi connectivity index (χ4v) is 1.75. The van der Waals surface area contributed by atoms with Crippen LogP contribution in [0.5, 0.6) is 0 Å². The van der Waals surface area contributed by atoms with Crippen LogP contribution in [0.3, 0.4) is 0 Å². The summed E-state index contributed by atoms with van der Waals surface area (Å²) in [5.74, 6) is 0.0648. The third-order valence-corrected chi connectivity index (χ3v) is 2.78. The monoisotopic (exact) mass is 170 g/mol. The van der Waals surface area contributed by atoms with Crippen molar-refractivity contribution in [3.8, 4) is 0 Å². The molecular weight excluding hydrogens is 156 g/mol. The van der Waals surface area contributed by atoms with Crippen molar-refractivity contribution in [2.45, 2.75) is 45.7 Å². The average Bonchev–Trinajstić information content (AvgIpc) is 1.93. The molecule has 0 saturated carbocycles. The van der Waals surface area contributed by atoms with E-state index in [4.69, 9.17) is 9.47 Å². The Morgan fingerprint density at radius 1 is 1.25 bits per heavy atom. The highest BCUT2D eigenvalue weighted by atomic mass is 16.7. The number of hydrogen-bond acceptors (Lipinski definition) is 3. The number of carbonyl (C=O) groups is 1. The van der Waals surface area contributed by atoms with E-state index in [1.165, 1.54) is 0 Å². The zero-order valence-electron chi connectivity index (χ0n) is 7.88. The third-order valence-electron chi connectivity index (χ3n) is 2.78. The Bertz CT molecular complexity index is 242. The Balaban J connectivity index is 2.29. The lowest BCUT2D eigenvalue weighted by atomic mass is 9.72. The minimum Gasteiger partial charge on any atom is -0.340 e. The Kier molecular flexibility index (Phi) is 1.30. The maximum atomic E-state index is 11.7. The van der Waals surface area contributed by atoms with Gasteiger partial charge in [0.05, 0.1) is 0 Å². The first-order chi connectivity index (χ1) is 5.36. The topological polar surface area (TPSA) is 35.5 Å². The molecular formula is C9H14O3. The lowest BCUT2D eigenvalue weighted by Crippen LogP contribution is -2.71. The second-order valence-corrected chi connectivity index (χ2v) is 4.66. The molecule has 3 saturated heterocycles. The quantitative estimate of drug-likeness (QED) is 0.546. The molecule has 0 aromatic carbocycles. The predicted molar refractivity (Wildman–Crippen MR) is 42.6 cm³/mol. The number of Topliss-reactive ketones (excluding diaryl/α,β-unsaturated/α-hetero) is 1. The molecule has 0 amide bonds. The van der Waals surface area contributed by atoms with E-state index in [9.17, 15) is 4.79 Å². The largest absolute Gasteiger partial charge is 0.340 e. The minimum atomic E-state index is -0.650. The molecule has 3 heterocycles. The minimum absolute atomic E-state index is 0.0648. The molecule has 0 aromatic heterocycles. The highest BCUT2D eigenvalue weighted by Crippen LogP contribution is 2.49. The lowest BCUT2D eigenvalue weighted by Gasteiger charge is -2.58. The van der Waals surface area contributed by atoms with Gasteiger partial charge in [-0.2, -0.15) is 0 Å². The molecule has 0 aliphatic carbocycles. The number of rotatable bonds is 0. The van der Waals surface area contributed by atoms with Crippen molar-refractivity contribution >= 4 is 5.78 Å². The summed E-state index contributed by atoms with van der Waals surface area (Å²) in [5, 5.41) is 0. The molecule has 2 atom stereocenters. The van der Waals surface area contributed by atoms with Crippen LogP contribution in [0, 0.1) is 5.41 Å². The first-order valence-corrected chi connectivity index (χ1v) is 4.23. The fourth-order valence-electron chi connectivity index (χ4n) is 1.75. The van der Waals surface area contributed by atoms with E-state index < -0.39 is 5.60 Å².